The molecule has 1 aromatic rings. The molecule has 29 heavy (non-hydrogen) atoms. The molecule has 2 amide bonds. The predicted octanol–water partition coefficient (Wildman–Crippen LogP) is 2.50. The molecule has 0 radical (unpaired) electrons. The van der Waals surface area contributed by atoms with Crippen molar-refractivity contribution in [1.82, 2.24) is 15.5 Å². The topological polar surface area (TPSA) is 70.7 Å². The van der Waals surface area contributed by atoms with E-state index in [9.17, 15) is 9.59 Å². The van der Waals surface area contributed by atoms with E-state index in [1.54, 1.807) is 0 Å². The van der Waals surface area contributed by atoms with Crippen molar-refractivity contribution in [3.63, 3.8) is 0 Å². The number of ether oxygens (including phenoxy) is 1. The summed E-state index contributed by atoms with van der Waals surface area (Å²) < 4.78 is 5.54. The van der Waals surface area contributed by atoms with Gasteiger partial charge in [-0.2, -0.15) is 0 Å². The fourth-order valence-electron chi connectivity index (χ4n) is 4.24. The summed E-state index contributed by atoms with van der Waals surface area (Å²) in [5.41, 5.74) is 0.385. The van der Waals surface area contributed by atoms with Crippen molar-refractivity contribution >= 4 is 23.4 Å². The van der Waals surface area contributed by atoms with Crippen LogP contribution in [0.4, 0.5) is 0 Å². The van der Waals surface area contributed by atoms with E-state index in [4.69, 9.17) is 16.3 Å². The number of rotatable bonds is 7. The molecule has 1 aromatic carbocycles. The van der Waals surface area contributed by atoms with Crippen molar-refractivity contribution in [1.29, 1.82) is 0 Å². The van der Waals surface area contributed by atoms with Gasteiger partial charge in [-0.3, -0.25) is 14.5 Å². The third-order valence-corrected chi connectivity index (χ3v) is 6.26. The van der Waals surface area contributed by atoms with Gasteiger partial charge in [0.05, 0.1) is 12.0 Å². The molecule has 3 rings (SSSR count). The summed E-state index contributed by atoms with van der Waals surface area (Å²) in [6, 6.07) is 7.78. The molecule has 0 atom stereocenters. The number of carbonyl (C=O) groups is 2. The van der Waals surface area contributed by atoms with Gasteiger partial charge in [-0.05, 0) is 49.8 Å². The standard InChI is InChI=1S/C22H32ClN3O3/c1-2-10-24-20(27)16-26-11-6-19(7-12-26)25-21(28)22(8-13-29-14-9-22)17-4-3-5-18(23)15-17/h3-5,15,19H,2,6-14,16H2,1H3,(H,24,27)(H,25,28). The maximum atomic E-state index is 13.4. The average molecular weight is 422 g/mol. The van der Waals surface area contributed by atoms with E-state index in [0.717, 1.165) is 44.5 Å². The maximum Gasteiger partial charge on any atom is 0.234 e. The first-order valence-electron chi connectivity index (χ1n) is 10.7. The number of nitrogens with zero attached hydrogens (tertiary/aromatic N) is 1. The lowest BCUT2D eigenvalue weighted by Gasteiger charge is -2.39. The van der Waals surface area contributed by atoms with Gasteiger partial charge >= 0.3 is 0 Å². The van der Waals surface area contributed by atoms with Crippen molar-refractivity contribution < 1.29 is 14.3 Å². The molecule has 0 unspecified atom stereocenters. The van der Waals surface area contributed by atoms with Crippen molar-refractivity contribution in [2.75, 3.05) is 39.4 Å². The van der Waals surface area contributed by atoms with Crippen LogP contribution in [-0.2, 0) is 19.7 Å². The van der Waals surface area contributed by atoms with E-state index in [1.165, 1.54) is 0 Å². The Morgan fingerprint density at radius 3 is 2.62 bits per heavy atom. The zero-order valence-corrected chi connectivity index (χ0v) is 18.0. The number of halogens is 1. The summed E-state index contributed by atoms with van der Waals surface area (Å²) in [5.74, 6) is 0.152. The second-order valence-corrected chi connectivity index (χ2v) is 8.52. The number of hydrogen-bond donors (Lipinski definition) is 2. The molecule has 2 N–H and O–H groups in total. The number of nitrogens with one attached hydrogen (secondary N) is 2. The Bertz CT molecular complexity index is 698. The molecule has 6 nitrogen and oxygen atoms in total. The molecule has 0 spiro atoms. The lowest BCUT2D eigenvalue weighted by molar-refractivity contribution is -0.131. The molecule has 7 heteroatoms. The molecule has 0 aliphatic carbocycles. The Morgan fingerprint density at radius 2 is 1.97 bits per heavy atom. The summed E-state index contributed by atoms with van der Waals surface area (Å²) in [5, 5.41) is 6.86. The van der Waals surface area contributed by atoms with Crippen LogP contribution in [0.15, 0.2) is 24.3 Å². The van der Waals surface area contributed by atoms with Crippen LogP contribution >= 0.6 is 11.6 Å². The molecule has 2 saturated heterocycles. The van der Waals surface area contributed by atoms with Crippen LogP contribution in [0.1, 0.15) is 44.6 Å². The molecular formula is C22H32ClN3O3. The minimum absolute atomic E-state index is 0.0715. The van der Waals surface area contributed by atoms with E-state index in [-0.39, 0.29) is 17.9 Å². The van der Waals surface area contributed by atoms with Crippen molar-refractivity contribution in [3.8, 4) is 0 Å². The van der Waals surface area contributed by atoms with Crippen molar-refractivity contribution in [3.05, 3.63) is 34.9 Å². The fourth-order valence-corrected chi connectivity index (χ4v) is 4.43. The van der Waals surface area contributed by atoms with E-state index >= 15 is 0 Å². The first-order valence-corrected chi connectivity index (χ1v) is 11.0. The number of likely N-dealkylation sites (tertiary alicyclic amines) is 1. The third-order valence-electron chi connectivity index (χ3n) is 6.02. The second kappa shape index (κ2) is 10.4. The second-order valence-electron chi connectivity index (χ2n) is 8.08. The highest BCUT2D eigenvalue weighted by Crippen LogP contribution is 2.36. The van der Waals surface area contributed by atoms with Gasteiger partial charge in [0.25, 0.3) is 0 Å². The molecule has 0 aromatic heterocycles. The Morgan fingerprint density at radius 1 is 1.24 bits per heavy atom. The highest BCUT2D eigenvalue weighted by Gasteiger charge is 2.42. The monoisotopic (exact) mass is 421 g/mol. The van der Waals surface area contributed by atoms with Gasteiger partial charge in [-0.25, -0.2) is 0 Å². The van der Waals surface area contributed by atoms with E-state index in [0.29, 0.717) is 37.6 Å². The fraction of sp³-hybridized carbons (Fsp3) is 0.636. The minimum atomic E-state index is -0.583. The first-order chi connectivity index (χ1) is 14.0. The van der Waals surface area contributed by atoms with Gasteiger partial charge in [-0.15, -0.1) is 0 Å². The van der Waals surface area contributed by atoms with Crippen molar-refractivity contribution in [2.24, 2.45) is 0 Å². The largest absolute Gasteiger partial charge is 0.381 e. The van der Waals surface area contributed by atoms with Gasteiger partial charge in [0, 0.05) is 43.9 Å². The van der Waals surface area contributed by atoms with Crippen molar-refractivity contribution in [2.45, 2.75) is 50.5 Å². The highest BCUT2D eigenvalue weighted by atomic mass is 35.5. The average Bonchev–Trinajstić information content (AvgIpc) is 2.74. The van der Waals surface area contributed by atoms with Crippen LogP contribution < -0.4 is 10.6 Å². The predicted molar refractivity (Wildman–Crippen MR) is 114 cm³/mol. The van der Waals surface area contributed by atoms with Crippen LogP contribution in [-0.4, -0.2) is 62.1 Å². The molecular weight excluding hydrogens is 390 g/mol. The maximum absolute atomic E-state index is 13.4. The molecule has 2 fully saturated rings. The zero-order valence-electron chi connectivity index (χ0n) is 17.2. The summed E-state index contributed by atoms with van der Waals surface area (Å²) in [6.07, 6.45) is 3.98. The molecule has 2 aliphatic heterocycles. The normalized spacial score (nSPS) is 20.2. The van der Waals surface area contributed by atoms with Crippen LogP contribution in [0.2, 0.25) is 5.02 Å². The number of benzene rings is 1. The van der Waals surface area contributed by atoms with Gasteiger partial charge < -0.3 is 15.4 Å². The highest BCUT2D eigenvalue weighted by molar-refractivity contribution is 6.30. The van der Waals surface area contributed by atoms with Crippen LogP contribution in [0.3, 0.4) is 0 Å². The molecule has 0 saturated carbocycles. The zero-order chi connectivity index (χ0) is 20.7. The van der Waals surface area contributed by atoms with E-state index < -0.39 is 5.41 Å². The Balaban J connectivity index is 1.58. The summed E-state index contributed by atoms with van der Waals surface area (Å²) in [7, 11) is 0. The van der Waals surface area contributed by atoms with Crippen LogP contribution in [0, 0.1) is 0 Å². The van der Waals surface area contributed by atoms with E-state index in [2.05, 4.69) is 15.5 Å². The lowest BCUT2D eigenvalue weighted by Crippen LogP contribution is -2.53. The molecule has 0 bridgehead atoms. The van der Waals surface area contributed by atoms with E-state index in [1.807, 2.05) is 31.2 Å². The quantitative estimate of drug-likeness (QED) is 0.709. The number of carbonyl (C=O) groups excluding carboxylic acids is 2. The first kappa shape index (κ1) is 22.1. The Labute approximate surface area is 178 Å². The lowest BCUT2D eigenvalue weighted by atomic mass is 9.73. The third kappa shape index (κ3) is 5.71. The summed E-state index contributed by atoms with van der Waals surface area (Å²) in [4.78, 5) is 27.5. The van der Waals surface area contributed by atoms with Gasteiger partial charge in [0.1, 0.15) is 0 Å². The number of piperidine rings is 1. The Hall–Kier alpha value is -1.63. The molecule has 2 heterocycles. The van der Waals surface area contributed by atoms with Crippen LogP contribution in [0.25, 0.3) is 0 Å². The minimum Gasteiger partial charge on any atom is -0.381 e. The smallest absolute Gasteiger partial charge is 0.234 e. The van der Waals surface area contributed by atoms with Gasteiger partial charge in [0.15, 0.2) is 0 Å². The number of hydrogen-bond acceptors (Lipinski definition) is 4. The van der Waals surface area contributed by atoms with Gasteiger partial charge in [0.2, 0.25) is 11.8 Å². The SMILES string of the molecule is CCCNC(=O)CN1CCC(NC(=O)C2(c3cccc(Cl)c3)CCOCC2)CC1. The van der Waals surface area contributed by atoms with Crippen LogP contribution in [0.5, 0.6) is 0 Å². The van der Waals surface area contributed by atoms with Gasteiger partial charge in [-0.1, -0.05) is 30.7 Å². The molecule has 160 valence electrons. The number of amides is 2. The summed E-state index contributed by atoms with van der Waals surface area (Å²) in [6.45, 7) is 5.99. The Kier molecular flexibility index (Phi) is 7.92. The molecule has 2 aliphatic rings. The summed E-state index contributed by atoms with van der Waals surface area (Å²) >= 11 is 6.21.